The van der Waals surface area contributed by atoms with Crippen molar-refractivity contribution in [1.29, 1.82) is 0 Å². The molecule has 3 aromatic carbocycles. The number of methoxy groups -OCH3 is 2. The molecule has 3 rings (SSSR count). The molecule has 0 radical (unpaired) electrons. The Balaban J connectivity index is 2.11. The standard InChI is InChI=1S/C31H38N4O8S/c1-21-11-16-27(18-28(21)35(38)39)44(40,41)34(24-12-14-25(42-6)15-13-24)20-29(36)33(22(2)30(37)32-31(3,4)5)19-23-9-8-10-26(17-23)43-7/h8-18,22H,19-20H2,1-7H3,(H,32,37)/t22-/m0/s1. The highest BCUT2D eigenvalue weighted by molar-refractivity contribution is 7.92. The maximum Gasteiger partial charge on any atom is 0.273 e. The van der Waals surface area contributed by atoms with Gasteiger partial charge in [-0.05, 0) is 82.6 Å². The van der Waals surface area contributed by atoms with Crippen molar-refractivity contribution in [1.82, 2.24) is 10.2 Å². The van der Waals surface area contributed by atoms with Crippen LogP contribution in [0.3, 0.4) is 0 Å². The van der Waals surface area contributed by atoms with Gasteiger partial charge in [0.2, 0.25) is 11.8 Å². The van der Waals surface area contributed by atoms with Gasteiger partial charge in [-0.1, -0.05) is 18.2 Å². The number of nitrogens with zero attached hydrogens (tertiary/aromatic N) is 3. The van der Waals surface area contributed by atoms with Crippen LogP contribution in [0.2, 0.25) is 0 Å². The molecule has 0 unspecified atom stereocenters. The Hall–Kier alpha value is -4.65. The molecule has 0 bridgehead atoms. The Morgan fingerprint density at radius 1 is 0.977 bits per heavy atom. The molecule has 12 nitrogen and oxygen atoms in total. The van der Waals surface area contributed by atoms with Crippen LogP contribution >= 0.6 is 0 Å². The van der Waals surface area contributed by atoms with E-state index >= 15 is 0 Å². The number of hydrogen-bond donors (Lipinski definition) is 1. The van der Waals surface area contributed by atoms with Crippen LogP contribution in [0.5, 0.6) is 11.5 Å². The first kappa shape index (κ1) is 33.8. The molecule has 0 aromatic heterocycles. The maximum absolute atomic E-state index is 14.1. The fourth-order valence-electron chi connectivity index (χ4n) is 4.37. The van der Waals surface area contributed by atoms with Crippen LogP contribution in [0.1, 0.15) is 38.8 Å². The normalized spacial score (nSPS) is 12.2. The number of hydrogen-bond acceptors (Lipinski definition) is 8. The lowest BCUT2D eigenvalue weighted by Crippen LogP contribution is -2.54. The number of nitrogens with one attached hydrogen (secondary N) is 1. The van der Waals surface area contributed by atoms with Crippen LogP contribution in [0.25, 0.3) is 0 Å². The fourth-order valence-corrected chi connectivity index (χ4v) is 5.81. The first-order chi connectivity index (χ1) is 20.6. The molecule has 13 heteroatoms. The van der Waals surface area contributed by atoms with E-state index in [9.17, 15) is 28.1 Å². The van der Waals surface area contributed by atoms with Gasteiger partial charge >= 0.3 is 0 Å². The quantitative estimate of drug-likeness (QED) is 0.229. The van der Waals surface area contributed by atoms with Crippen LogP contribution in [-0.4, -0.2) is 62.4 Å². The summed E-state index contributed by atoms with van der Waals surface area (Å²) in [7, 11) is -1.55. The summed E-state index contributed by atoms with van der Waals surface area (Å²) in [5.41, 5.74) is 0.0919. The Bertz CT molecular complexity index is 1620. The molecule has 0 saturated carbocycles. The van der Waals surface area contributed by atoms with Crippen LogP contribution in [0.4, 0.5) is 11.4 Å². The summed E-state index contributed by atoms with van der Waals surface area (Å²) in [6.07, 6.45) is 0. The van der Waals surface area contributed by atoms with E-state index in [0.29, 0.717) is 17.1 Å². The molecule has 0 saturated heterocycles. The largest absolute Gasteiger partial charge is 0.497 e. The van der Waals surface area contributed by atoms with Gasteiger partial charge in [0, 0.05) is 23.7 Å². The summed E-state index contributed by atoms with van der Waals surface area (Å²) in [4.78, 5) is 39.2. The zero-order chi connectivity index (χ0) is 32.8. The number of carbonyl (C=O) groups excluding carboxylic acids is 2. The van der Waals surface area contributed by atoms with E-state index in [0.717, 1.165) is 10.4 Å². The van der Waals surface area contributed by atoms with Crippen molar-refractivity contribution in [2.24, 2.45) is 0 Å². The molecule has 0 aliphatic heterocycles. The molecule has 236 valence electrons. The monoisotopic (exact) mass is 626 g/mol. The number of nitro groups is 1. The van der Waals surface area contributed by atoms with Crippen LogP contribution in [-0.2, 0) is 26.2 Å². The lowest BCUT2D eigenvalue weighted by atomic mass is 10.1. The minimum Gasteiger partial charge on any atom is -0.497 e. The lowest BCUT2D eigenvalue weighted by Gasteiger charge is -2.33. The Morgan fingerprint density at radius 3 is 2.18 bits per heavy atom. The second-order valence-electron chi connectivity index (χ2n) is 11.2. The van der Waals surface area contributed by atoms with Crippen molar-refractivity contribution in [3.05, 3.63) is 88.0 Å². The number of anilines is 1. The summed E-state index contributed by atoms with van der Waals surface area (Å²) < 4.78 is 39.5. The van der Waals surface area contributed by atoms with Crippen molar-refractivity contribution in [2.45, 2.75) is 57.6 Å². The van der Waals surface area contributed by atoms with Crippen LogP contribution in [0, 0.1) is 17.0 Å². The van der Waals surface area contributed by atoms with Crippen molar-refractivity contribution >= 4 is 33.2 Å². The van der Waals surface area contributed by atoms with Gasteiger partial charge in [-0.3, -0.25) is 24.0 Å². The summed E-state index contributed by atoms with van der Waals surface area (Å²) in [6.45, 7) is 7.77. The maximum atomic E-state index is 14.1. The number of sulfonamides is 1. The van der Waals surface area contributed by atoms with Crippen LogP contribution in [0.15, 0.2) is 71.6 Å². The highest BCUT2D eigenvalue weighted by atomic mass is 32.2. The topological polar surface area (TPSA) is 148 Å². The molecule has 0 heterocycles. The molecule has 0 aliphatic carbocycles. The van der Waals surface area contributed by atoms with E-state index in [-0.39, 0.29) is 28.4 Å². The van der Waals surface area contributed by atoms with E-state index in [2.05, 4.69) is 5.32 Å². The number of ether oxygens (including phenoxy) is 2. The van der Waals surface area contributed by atoms with Crippen molar-refractivity contribution in [3.8, 4) is 11.5 Å². The third-order valence-electron chi connectivity index (χ3n) is 6.76. The number of aryl methyl sites for hydroxylation is 1. The first-order valence-electron chi connectivity index (χ1n) is 13.7. The van der Waals surface area contributed by atoms with Gasteiger partial charge < -0.3 is 19.7 Å². The molecule has 0 fully saturated rings. The molecule has 3 aromatic rings. The van der Waals surface area contributed by atoms with E-state index < -0.39 is 44.9 Å². The van der Waals surface area contributed by atoms with Gasteiger partial charge in [-0.15, -0.1) is 0 Å². The van der Waals surface area contributed by atoms with E-state index in [1.807, 2.05) is 20.8 Å². The van der Waals surface area contributed by atoms with Gasteiger partial charge in [0.15, 0.2) is 0 Å². The molecule has 1 atom stereocenters. The van der Waals surface area contributed by atoms with Gasteiger partial charge in [0.25, 0.3) is 15.7 Å². The number of benzene rings is 3. The zero-order valence-electron chi connectivity index (χ0n) is 25.9. The summed E-state index contributed by atoms with van der Waals surface area (Å²) in [6, 6.07) is 15.5. The zero-order valence-corrected chi connectivity index (χ0v) is 26.7. The van der Waals surface area contributed by atoms with Crippen LogP contribution < -0.4 is 19.1 Å². The third kappa shape index (κ3) is 8.25. The van der Waals surface area contributed by atoms with Gasteiger partial charge in [0.05, 0.1) is 29.7 Å². The Morgan fingerprint density at radius 2 is 1.61 bits per heavy atom. The van der Waals surface area contributed by atoms with E-state index in [4.69, 9.17) is 9.47 Å². The number of nitro benzene ring substituents is 1. The molecule has 0 spiro atoms. The predicted molar refractivity (Wildman–Crippen MR) is 166 cm³/mol. The van der Waals surface area contributed by atoms with Gasteiger partial charge in [-0.2, -0.15) is 0 Å². The summed E-state index contributed by atoms with van der Waals surface area (Å²) >= 11 is 0. The highest BCUT2D eigenvalue weighted by Crippen LogP contribution is 2.29. The van der Waals surface area contributed by atoms with Crippen molar-refractivity contribution in [3.63, 3.8) is 0 Å². The summed E-state index contributed by atoms with van der Waals surface area (Å²) in [5.74, 6) is -0.104. The van der Waals surface area contributed by atoms with Gasteiger partial charge in [-0.25, -0.2) is 8.42 Å². The van der Waals surface area contributed by atoms with Crippen molar-refractivity contribution in [2.75, 3.05) is 25.1 Å². The summed E-state index contributed by atoms with van der Waals surface area (Å²) in [5, 5.41) is 14.5. The molecular formula is C31H38N4O8S. The molecule has 0 aliphatic rings. The van der Waals surface area contributed by atoms with E-state index in [1.54, 1.807) is 31.2 Å². The second-order valence-corrected chi connectivity index (χ2v) is 13.1. The Labute approximate surface area is 257 Å². The predicted octanol–water partition coefficient (Wildman–Crippen LogP) is 4.45. The number of rotatable bonds is 12. The lowest BCUT2D eigenvalue weighted by molar-refractivity contribution is -0.385. The molecule has 44 heavy (non-hydrogen) atoms. The fraction of sp³-hybridized carbons (Fsp3) is 0.355. The highest BCUT2D eigenvalue weighted by Gasteiger charge is 2.34. The average molecular weight is 627 g/mol. The third-order valence-corrected chi connectivity index (χ3v) is 8.53. The first-order valence-corrected chi connectivity index (χ1v) is 15.2. The Kier molecular flexibility index (Phi) is 10.6. The molecule has 1 N–H and O–H groups in total. The smallest absolute Gasteiger partial charge is 0.273 e. The SMILES string of the molecule is COc1ccc(N(CC(=O)N(Cc2cccc(OC)c2)[C@@H](C)C(=O)NC(C)(C)C)S(=O)(=O)c2ccc(C)c([N+](=O)[O-])c2)cc1. The average Bonchev–Trinajstić information content (AvgIpc) is 2.97. The second kappa shape index (κ2) is 13.8. The van der Waals surface area contributed by atoms with Gasteiger partial charge in [0.1, 0.15) is 24.1 Å². The number of amides is 2. The minimum absolute atomic E-state index is 0.0265. The van der Waals surface area contributed by atoms with Crippen molar-refractivity contribution < 1.29 is 32.4 Å². The minimum atomic E-state index is -4.51. The molecular weight excluding hydrogens is 588 g/mol. The molecule has 2 amide bonds. The number of carbonyl (C=O) groups is 2. The van der Waals surface area contributed by atoms with E-state index in [1.165, 1.54) is 62.4 Å².